The smallest absolute Gasteiger partial charge is 0.323 e. The van der Waals surface area contributed by atoms with Crippen LogP contribution >= 0.6 is 0 Å². The van der Waals surface area contributed by atoms with Crippen LogP contribution in [0, 0.1) is 11.8 Å². The molecule has 0 aromatic rings. The minimum absolute atomic E-state index is 0.126. The molecule has 0 unspecified atom stereocenters. The molecule has 1 aliphatic heterocycles. The van der Waals surface area contributed by atoms with Gasteiger partial charge >= 0.3 is 11.9 Å². The van der Waals surface area contributed by atoms with Gasteiger partial charge in [0.25, 0.3) is 5.79 Å². The van der Waals surface area contributed by atoms with Crippen molar-refractivity contribution in [1.29, 1.82) is 0 Å². The monoisotopic (exact) mass is 212 g/mol. The van der Waals surface area contributed by atoms with Gasteiger partial charge < -0.3 is 9.47 Å². The SMILES string of the molecule is CC1(C)OC(=O)C(C2CCCC2)C(=O)O1. The molecule has 0 spiro atoms. The van der Waals surface area contributed by atoms with Gasteiger partial charge in [-0.1, -0.05) is 12.8 Å². The lowest BCUT2D eigenvalue weighted by atomic mass is 9.90. The molecule has 2 fully saturated rings. The van der Waals surface area contributed by atoms with E-state index in [1.807, 2.05) is 0 Å². The Balaban J connectivity index is 2.12. The maximum absolute atomic E-state index is 11.7. The largest absolute Gasteiger partial charge is 0.422 e. The van der Waals surface area contributed by atoms with Crippen molar-refractivity contribution in [1.82, 2.24) is 0 Å². The zero-order valence-corrected chi connectivity index (χ0v) is 9.12. The molecule has 1 saturated carbocycles. The predicted octanol–water partition coefficient (Wildman–Crippen LogP) is 1.63. The van der Waals surface area contributed by atoms with Crippen molar-refractivity contribution in [2.75, 3.05) is 0 Å². The lowest BCUT2D eigenvalue weighted by Crippen LogP contribution is -2.48. The van der Waals surface area contributed by atoms with Crippen molar-refractivity contribution < 1.29 is 19.1 Å². The quantitative estimate of drug-likeness (QED) is 0.489. The van der Waals surface area contributed by atoms with Crippen LogP contribution in [0.3, 0.4) is 0 Å². The van der Waals surface area contributed by atoms with Crippen LogP contribution in [-0.2, 0) is 19.1 Å². The number of carbonyl (C=O) groups excluding carboxylic acids is 2. The molecule has 84 valence electrons. The van der Waals surface area contributed by atoms with Crippen LogP contribution in [0.15, 0.2) is 0 Å². The van der Waals surface area contributed by atoms with E-state index < -0.39 is 23.6 Å². The van der Waals surface area contributed by atoms with Crippen molar-refractivity contribution in [2.45, 2.75) is 45.3 Å². The highest BCUT2D eigenvalue weighted by Crippen LogP contribution is 2.36. The minimum Gasteiger partial charge on any atom is -0.422 e. The van der Waals surface area contributed by atoms with Gasteiger partial charge in [0.2, 0.25) is 0 Å². The van der Waals surface area contributed by atoms with E-state index in [0.717, 1.165) is 25.7 Å². The van der Waals surface area contributed by atoms with E-state index >= 15 is 0 Å². The van der Waals surface area contributed by atoms with Crippen LogP contribution in [-0.4, -0.2) is 17.7 Å². The van der Waals surface area contributed by atoms with Gasteiger partial charge in [-0.15, -0.1) is 0 Å². The number of hydrogen-bond acceptors (Lipinski definition) is 4. The fraction of sp³-hybridized carbons (Fsp3) is 0.818. The third kappa shape index (κ3) is 1.98. The summed E-state index contributed by atoms with van der Waals surface area (Å²) in [6, 6.07) is 0. The van der Waals surface area contributed by atoms with Crippen LogP contribution in [0.2, 0.25) is 0 Å². The fourth-order valence-electron chi connectivity index (χ4n) is 2.40. The standard InChI is InChI=1S/C11H16O4/c1-11(2)14-9(12)8(10(13)15-11)7-5-3-4-6-7/h7-8H,3-6H2,1-2H3. The summed E-state index contributed by atoms with van der Waals surface area (Å²) in [4.78, 5) is 23.4. The first kappa shape index (κ1) is 10.5. The van der Waals surface area contributed by atoms with E-state index in [9.17, 15) is 9.59 Å². The van der Waals surface area contributed by atoms with Crippen LogP contribution in [0.4, 0.5) is 0 Å². The number of ether oxygens (including phenoxy) is 2. The van der Waals surface area contributed by atoms with Crippen molar-refractivity contribution in [3.8, 4) is 0 Å². The number of carbonyl (C=O) groups is 2. The molecule has 2 aliphatic rings. The average molecular weight is 212 g/mol. The maximum Gasteiger partial charge on any atom is 0.323 e. The van der Waals surface area contributed by atoms with Gasteiger partial charge in [0.15, 0.2) is 5.92 Å². The molecular weight excluding hydrogens is 196 g/mol. The molecule has 4 heteroatoms. The number of cyclic esters (lactones) is 2. The molecule has 1 aliphatic carbocycles. The highest BCUT2D eigenvalue weighted by molar-refractivity contribution is 5.97. The molecule has 0 atom stereocenters. The Morgan fingerprint density at radius 3 is 2.00 bits per heavy atom. The predicted molar refractivity (Wildman–Crippen MR) is 51.7 cm³/mol. The van der Waals surface area contributed by atoms with Crippen LogP contribution in [0.5, 0.6) is 0 Å². The molecule has 15 heavy (non-hydrogen) atoms. The second-order valence-electron chi connectivity index (χ2n) is 4.76. The molecular formula is C11H16O4. The van der Waals surface area contributed by atoms with E-state index in [0.29, 0.717) is 0 Å². The number of rotatable bonds is 1. The number of esters is 2. The highest BCUT2D eigenvalue weighted by atomic mass is 16.7. The first-order chi connectivity index (χ1) is 6.99. The van der Waals surface area contributed by atoms with Gasteiger partial charge in [0, 0.05) is 13.8 Å². The summed E-state index contributed by atoms with van der Waals surface area (Å²) in [5.74, 6) is -2.48. The van der Waals surface area contributed by atoms with E-state index in [-0.39, 0.29) is 5.92 Å². The topological polar surface area (TPSA) is 52.6 Å². The molecule has 1 saturated heterocycles. The van der Waals surface area contributed by atoms with Gasteiger partial charge in [0.1, 0.15) is 0 Å². The molecule has 0 amide bonds. The van der Waals surface area contributed by atoms with Crippen LogP contribution in [0.1, 0.15) is 39.5 Å². The fourth-order valence-corrected chi connectivity index (χ4v) is 2.40. The zero-order chi connectivity index (χ0) is 11.1. The maximum atomic E-state index is 11.7. The first-order valence-corrected chi connectivity index (χ1v) is 5.45. The van der Waals surface area contributed by atoms with Gasteiger partial charge in [-0.3, -0.25) is 9.59 Å². The summed E-state index contributed by atoms with van der Waals surface area (Å²) >= 11 is 0. The first-order valence-electron chi connectivity index (χ1n) is 5.45. The Hall–Kier alpha value is -1.06. The molecule has 0 aromatic heterocycles. The van der Waals surface area contributed by atoms with Gasteiger partial charge in [-0.25, -0.2) is 0 Å². The van der Waals surface area contributed by atoms with Gasteiger partial charge in [-0.05, 0) is 18.8 Å². The summed E-state index contributed by atoms with van der Waals surface area (Å²) in [5.41, 5.74) is 0. The molecule has 0 bridgehead atoms. The molecule has 4 nitrogen and oxygen atoms in total. The lowest BCUT2D eigenvalue weighted by molar-refractivity contribution is -0.242. The number of hydrogen-bond donors (Lipinski definition) is 0. The lowest BCUT2D eigenvalue weighted by Gasteiger charge is -2.34. The minimum atomic E-state index is -1.09. The summed E-state index contributed by atoms with van der Waals surface area (Å²) in [6.07, 6.45) is 4.03. The molecule has 2 rings (SSSR count). The third-order valence-electron chi connectivity index (χ3n) is 3.07. The highest BCUT2D eigenvalue weighted by Gasteiger charge is 2.47. The van der Waals surface area contributed by atoms with Crippen molar-refractivity contribution in [3.63, 3.8) is 0 Å². The molecule has 0 aromatic carbocycles. The van der Waals surface area contributed by atoms with Crippen LogP contribution < -0.4 is 0 Å². The van der Waals surface area contributed by atoms with Gasteiger partial charge in [0.05, 0.1) is 0 Å². The van der Waals surface area contributed by atoms with E-state index in [4.69, 9.17) is 9.47 Å². The zero-order valence-electron chi connectivity index (χ0n) is 9.12. The summed E-state index contributed by atoms with van der Waals surface area (Å²) in [7, 11) is 0. The Morgan fingerprint density at radius 1 is 1.07 bits per heavy atom. The molecule has 0 N–H and O–H groups in total. The normalized spacial score (nSPS) is 27.6. The van der Waals surface area contributed by atoms with Crippen LogP contribution in [0.25, 0.3) is 0 Å². The van der Waals surface area contributed by atoms with E-state index in [2.05, 4.69) is 0 Å². The van der Waals surface area contributed by atoms with Crippen molar-refractivity contribution >= 4 is 11.9 Å². The van der Waals surface area contributed by atoms with Crippen molar-refractivity contribution in [2.24, 2.45) is 11.8 Å². The Labute approximate surface area is 88.9 Å². The average Bonchev–Trinajstić information content (AvgIpc) is 2.52. The van der Waals surface area contributed by atoms with E-state index in [1.54, 1.807) is 13.8 Å². The summed E-state index contributed by atoms with van der Waals surface area (Å²) < 4.78 is 10.2. The second kappa shape index (κ2) is 3.51. The Morgan fingerprint density at radius 2 is 1.53 bits per heavy atom. The Kier molecular flexibility index (Phi) is 2.44. The molecule has 1 heterocycles. The van der Waals surface area contributed by atoms with Crippen molar-refractivity contribution in [3.05, 3.63) is 0 Å². The molecule has 0 radical (unpaired) electrons. The summed E-state index contributed by atoms with van der Waals surface area (Å²) in [6.45, 7) is 3.15. The van der Waals surface area contributed by atoms with E-state index in [1.165, 1.54) is 0 Å². The summed E-state index contributed by atoms with van der Waals surface area (Å²) in [5, 5.41) is 0. The second-order valence-corrected chi connectivity index (χ2v) is 4.76. The third-order valence-corrected chi connectivity index (χ3v) is 3.07. The Bertz CT molecular complexity index is 269. The van der Waals surface area contributed by atoms with Gasteiger partial charge in [-0.2, -0.15) is 0 Å².